The summed E-state index contributed by atoms with van der Waals surface area (Å²) in [4.78, 5) is 15.0. The fourth-order valence-corrected chi connectivity index (χ4v) is 3.01. The van der Waals surface area contributed by atoms with Gasteiger partial charge in [0.2, 0.25) is 0 Å². The topological polar surface area (TPSA) is 55.6 Å². The van der Waals surface area contributed by atoms with E-state index in [9.17, 15) is 4.79 Å². The zero-order valence-corrected chi connectivity index (χ0v) is 12.9. The molecule has 0 unspecified atom stereocenters. The molecule has 0 aliphatic heterocycles. The molecule has 0 atom stereocenters. The van der Waals surface area contributed by atoms with Gasteiger partial charge in [0.05, 0.1) is 12.2 Å². The minimum absolute atomic E-state index is 0.0828. The lowest BCUT2D eigenvalue weighted by Crippen LogP contribution is -2.40. The van der Waals surface area contributed by atoms with Crippen molar-refractivity contribution in [3.05, 3.63) is 29.8 Å². The molecule has 4 heteroatoms. The van der Waals surface area contributed by atoms with Gasteiger partial charge in [0.15, 0.2) is 0 Å². The van der Waals surface area contributed by atoms with Crippen LogP contribution >= 0.6 is 0 Å². The zero-order valence-electron chi connectivity index (χ0n) is 12.9. The zero-order chi connectivity index (χ0) is 15.1. The first-order chi connectivity index (χ1) is 10.3. The third-order valence-corrected chi connectivity index (χ3v) is 4.05. The molecule has 1 aromatic carbocycles. The number of para-hydroxylation sites is 1. The molecule has 0 saturated heterocycles. The first kappa shape index (κ1) is 15.8. The van der Waals surface area contributed by atoms with Gasteiger partial charge in [-0.15, -0.1) is 0 Å². The lowest BCUT2D eigenvalue weighted by Gasteiger charge is -2.29. The number of amides is 1. The molecule has 2 N–H and O–H groups in total. The predicted octanol–water partition coefficient (Wildman–Crippen LogP) is 2.82. The molecule has 1 aromatic rings. The van der Waals surface area contributed by atoms with Gasteiger partial charge in [0.25, 0.3) is 5.91 Å². The lowest BCUT2D eigenvalue weighted by atomic mass is 10.1. The van der Waals surface area contributed by atoms with Crippen LogP contribution in [-0.4, -0.2) is 36.5 Å². The summed E-state index contributed by atoms with van der Waals surface area (Å²) in [6.45, 7) is 3.85. The summed E-state index contributed by atoms with van der Waals surface area (Å²) in [5.41, 5.74) is 6.30. The van der Waals surface area contributed by atoms with E-state index in [0.29, 0.717) is 30.5 Å². The summed E-state index contributed by atoms with van der Waals surface area (Å²) in [5.74, 6) is 0.764. The summed E-state index contributed by atoms with van der Waals surface area (Å²) >= 11 is 0. The predicted molar refractivity (Wildman–Crippen MR) is 84.6 cm³/mol. The van der Waals surface area contributed by atoms with Crippen LogP contribution in [0.2, 0.25) is 0 Å². The third kappa shape index (κ3) is 3.97. The lowest BCUT2D eigenvalue weighted by molar-refractivity contribution is 0.0676. The third-order valence-electron chi connectivity index (χ3n) is 4.05. The minimum Gasteiger partial charge on any atom is -0.493 e. The van der Waals surface area contributed by atoms with Crippen molar-refractivity contribution in [3.63, 3.8) is 0 Å². The Bertz CT molecular complexity index is 456. The highest BCUT2D eigenvalue weighted by atomic mass is 16.5. The van der Waals surface area contributed by atoms with Gasteiger partial charge in [-0.1, -0.05) is 25.0 Å². The van der Waals surface area contributed by atoms with E-state index >= 15 is 0 Å². The van der Waals surface area contributed by atoms with E-state index in [1.807, 2.05) is 36.1 Å². The second-order valence-electron chi connectivity index (χ2n) is 5.51. The van der Waals surface area contributed by atoms with E-state index in [1.54, 1.807) is 0 Å². The first-order valence-corrected chi connectivity index (χ1v) is 8.00. The van der Waals surface area contributed by atoms with Crippen LogP contribution in [-0.2, 0) is 0 Å². The molecule has 0 spiro atoms. The van der Waals surface area contributed by atoms with Crippen LogP contribution in [0.25, 0.3) is 0 Å². The number of hydrogen-bond acceptors (Lipinski definition) is 3. The van der Waals surface area contributed by atoms with Crippen molar-refractivity contribution >= 4 is 5.91 Å². The van der Waals surface area contributed by atoms with Crippen molar-refractivity contribution in [1.29, 1.82) is 0 Å². The van der Waals surface area contributed by atoms with Crippen LogP contribution in [0.3, 0.4) is 0 Å². The molecule has 1 saturated carbocycles. The van der Waals surface area contributed by atoms with Gasteiger partial charge in [-0.05, 0) is 44.9 Å². The Balaban J connectivity index is 2.20. The fourth-order valence-electron chi connectivity index (χ4n) is 3.01. The van der Waals surface area contributed by atoms with Gasteiger partial charge >= 0.3 is 0 Å². The van der Waals surface area contributed by atoms with Crippen molar-refractivity contribution < 1.29 is 9.53 Å². The number of nitrogens with zero attached hydrogens (tertiary/aromatic N) is 1. The van der Waals surface area contributed by atoms with Crippen LogP contribution < -0.4 is 10.5 Å². The Hall–Kier alpha value is -1.55. The molecule has 0 radical (unpaired) electrons. The van der Waals surface area contributed by atoms with Gasteiger partial charge in [-0.2, -0.15) is 0 Å². The van der Waals surface area contributed by atoms with E-state index < -0.39 is 0 Å². The van der Waals surface area contributed by atoms with Gasteiger partial charge in [0, 0.05) is 12.6 Å². The van der Waals surface area contributed by atoms with Crippen molar-refractivity contribution in [2.75, 3.05) is 19.7 Å². The van der Waals surface area contributed by atoms with Crippen LogP contribution in [0.5, 0.6) is 5.75 Å². The average molecular weight is 290 g/mol. The number of benzene rings is 1. The number of rotatable bonds is 7. The molecule has 4 nitrogen and oxygen atoms in total. The van der Waals surface area contributed by atoms with E-state index in [0.717, 1.165) is 25.8 Å². The largest absolute Gasteiger partial charge is 0.493 e. The van der Waals surface area contributed by atoms with Crippen LogP contribution in [0, 0.1) is 0 Å². The molecule has 1 aliphatic carbocycles. The molecule has 0 heterocycles. The molecule has 1 fully saturated rings. The van der Waals surface area contributed by atoms with Crippen molar-refractivity contribution in [1.82, 2.24) is 4.90 Å². The van der Waals surface area contributed by atoms with Crippen LogP contribution in [0.15, 0.2) is 24.3 Å². The van der Waals surface area contributed by atoms with Crippen molar-refractivity contribution in [2.45, 2.75) is 45.1 Å². The number of hydrogen-bond donors (Lipinski definition) is 1. The minimum atomic E-state index is 0.0828. The second-order valence-corrected chi connectivity index (χ2v) is 5.51. The SMILES string of the molecule is CCOc1ccccc1C(=O)N(CCCN)C1CCCC1. The highest BCUT2D eigenvalue weighted by molar-refractivity contribution is 5.97. The summed E-state index contributed by atoms with van der Waals surface area (Å²) in [5, 5.41) is 0. The molecule has 2 rings (SSSR count). The highest BCUT2D eigenvalue weighted by Crippen LogP contribution is 2.27. The Labute approximate surface area is 127 Å². The van der Waals surface area contributed by atoms with Crippen molar-refractivity contribution in [2.24, 2.45) is 5.73 Å². The first-order valence-electron chi connectivity index (χ1n) is 8.00. The second kappa shape index (κ2) is 8.03. The summed E-state index contributed by atoms with van der Waals surface area (Å²) in [6.07, 6.45) is 5.48. The molecular weight excluding hydrogens is 264 g/mol. The van der Waals surface area contributed by atoms with E-state index in [-0.39, 0.29) is 5.91 Å². The maximum atomic E-state index is 12.9. The van der Waals surface area contributed by atoms with Gasteiger partial charge < -0.3 is 15.4 Å². The monoisotopic (exact) mass is 290 g/mol. The normalized spacial score (nSPS) is 15.1. The molecule has 1 amide bonds. The smallest absolute Gasteiger partial charge is 0.257 e. The number of ether oxygens (including phenoxy) is 1. The van der Waals surface area contributed by atoms with Gasteiger partial charge in [-0.3, -0.25) is 4.79 Å². The quantitative estimate of drug-likeness (QED) is 0.840. The maximum absolute atomic E-state index is 12.9. The summed E-state index contributed by atoms with van der Waals surface area (Å²) in [7, 11) is 0. The number of nitrogens with two attached hydrogens (primary N) is 1. The number of carbonyl (C=O) groups is 1. The average Bonchev–Trinajstić information content (AvgIpc) is 3.02. The maximum Gasteiger partial charge on any atom is 0.257 e. The van der Waals surface area contributed by atoms with Crippen LogP contribution in [0.4, 0.5) is 0 Å². The molecule has 0 aromatic heterocycles. The highest BCUT2D eigenvalue weighted by Gasteiger charge is 2.28. The van der Waals surface area contributed by atoms with Crippen LogP contribution in [0.1, 0.15) is 49.4 Å². The van der Waals surface area contributed by atoms with E-state index in [4.69, 9.17) is 10.5 Å². The summed E-state index contributed by atoms with van der Waals surface area (Å²) in [6, 6.07) is 7.89. The number of carbonyl (C=O) groups excluding carboxylic acids is 1. The summed E-state index contributed by atoms with van der Waals surface area (Å²) < 4.78 is 5.60. The molecule has 21 heavy (non-hydrogen) atoms. The fraction of sp³-hybridized carbons (Fsp3) is 0.588. The molecule has 0 bridgehead atoms. The molecule has 116 valence electrons. The Kier molecular flexibility index (Phi) is 6.05. The Morgan fingerprint density at radius 2 is 2.05 bits per heavy atom. The Morgan fingerprint density at radius 1 is 1.33 bits per heavy atom. The van der Waals surface area contributed by atoms with Crippen molar-refractivity contribution in [3.8, 4) is 5.75 Å². The Morgan fingerprint density at radius 3 is 2.71 bits per heavy atom. The van der Waals surface area contributed by atoms with Gasteiger partial charge in [0.1, 0.15) is 5.75 Å². The molecular formula is C17H26N2O2. The standard InChI is InChI=1S/C17H26N2O2/c1-2-21-16-11-6-5-10-15(16)17(20)19(13-7-12-18)14-8-3-4-9-14/h5-6,10-11,14H,2-4,7-9,12-13,18H2,1H3. The van der Waals surface area contributed by atoms with Gasteiger partial charge in [-0.25, -0.2) is 0 Å². The molecule has 1 aliphatic rings. The van der Waals surface area contributed by atoms with E-state index in [2.05, 4.69) is 0 Å². The van der Waals surface area contributed by atoms with E-state index in [1.165, 1.54) is 12.8 Å².